The lowest BCUT2D eigenvalue weighted by Gasteiger charge is -2.20. The van der Waals surface area contributed by atoms with Gasteiger partial charge in [0, 0.05) is 21.1 Å². The van der Waals surface area contributed by atoms with Gasteiger partial charge in [-0.15, -0.1) is 0 Å². The van der Waals surface area contributed by atoms with Crippen LogP contribution in [-0.4, -0.2) is 42.3 Å². The average molecular weight is 372 g/mol. The molecule has 2 aromatic rings. The van der Waals surface area contributed by atoms with Gasteiger partial charge in [-0.2, -0.15) is 0 Å². The molecule has 0 spiro atoms. The summed E-state index contributed by atoms with van der Waals surface area (Å²) in [7, 11) is -3.40. The van der Waals surface area contributed by atoms with Gasteiger partial charge in [0.1, 0.15) is 5.82 Å². The summed E-state index contributed by atoms with van der Waals surface area (Å²) in [5.74, 6) is -0.470. The molecule has 0 fully saturated rings. The number of anilines is 1. The fourth-order valence-corrected chi connectivity index (χ4v) is 4.04. The molecule has 9 heteroatoms. The summed E-state index contributed by atoms with van der Waals surface area (Å²) in [4.78, 5) is -0.0667. The van der Waals surface area contributed by atoms with Crippen molar-refractivity contribution in [1.82, 2.24) is 4.31 Å². The van der Waals surface area contributed by atoms with Crippen molar-refractivity contribution < 1.29 is 21.2 Å². The first kappa shape index (κ1) is 18.4. The molecule has 6 nitrogen and oxygen atoms in total. The van der Waals surface area contributed by atoms with E-state index in [1.54, 1.807) is 0 Å². The zero-order valence-electron chi connectivity index (χ0n) is 13.3. The Balaban J connectivity index is 2.38. The smallest absolute Gasteiger partial charge is 0.264 e. The van der Waals surface area contributed by atoms with Crippen LogP contribution >= 0.6 is 0 Å². The van der Waals surface area contributed by atoms with Gasteiger partial charge < -0.3 is 0 Å². The molecule has 0 saturated carbocycles. The van der Waals surface area contributed by atoms with Crippen LogP contribution in [0, 0.1) is 5.82 Å². The molecule has 2 aromatic carbocycles. The van der Waals surface area contributed by atoms with Crippen molar-refractivity contribution in [2.24, 2.45) is 0 Å². The molecule has 0 aliphatic rings. The molecule has 0 amide bonds. The Morgan fingerprint density at radius 1 is 0.708 bits per heavy atom. The lowest BCUT2D eigenvalue weighted by molar-refractivity contribution is 0.520. The van der Waals surface area contributed by atoms with Crippen molar-refractivity contribution in [3.63, 3.8) is 0 Å². The predicted molar refractivity (Wildman–Crippen MR) is 89.3 cm³/mol. The summed E-state index contributed by atoms with van der Waals surface area (Å²) in [5, 5.41) is 0. The van der Waals surface area contributed by atoms with Gasteiger partial charge in [0.05, 0.1) is 15.5 Å². The van der Waals surface area contributed by atoms with E-state index >= 15 is 0 Å². The third-order valence-electron chi connectivity index (χ3n) is 3.45. The van der Waals surface area contributed by atoms with Gasteiger partial charge in [-0.1, -0.05) is 0 Å². The first-order chi connectivity index (χ1) is 11.1. The molecule has 0 aliphatic carbocycles. The molecule has 130 valence electrons. The van der Waals surface area contributed by atoms with Crippen molar-refractivity contribution in [2.45, 2.75) is 9.79 Å². The normalized spacial score (nSPS) is 12.4. The van der Waals surface area contributed by atoms with Gasteiger partial charge in [-0.25, -0.2) is 25.5 Å². The summed E-state index contributed by atoms with van der Waals surface area (Å²) in [6.07, 6.45) is 0. The van der Waals surface area contributed by atoms with Crippen LogP contribution in [-0.2, 0) is 20.0 Å². The number of hydrogen-bond donors (Lipinski definition) is 0. The maximum Gasteiger partial charge on any atom is 0.264 e. The van der Waals surface area contributed by atoms with Crippen LogP contribution in [0.15, 0.2) is 58.3 Å². The lowest BCUT2D eigenvalue weighted by Crippen LogP contribution is -2.27. The molecule has 2 rings (SSSR count). The van der Waals surface area contributed by atoms with Gasteiger partial charge in [-0.05, 0) is 48.5 Å². The Hall–Kier alpha value is -1.97. The Bertz CT molecular complexity index is 922. The van der Waals surface area contributed by atoms with E-state index in [1.807, 2.05) is 0 Å². The third-order valence-corrected chi connectivity index (χ3v) is 7.08. The van der Waals surface area contributed by atoms with E-state index < -0.39 is 25.9 Å². The molecule has 0 unspecified atom stereocenters. The Labute approximate surface area is 141 Å². The summed E-state index contributed by atoms with van der Waals surface area (Å²) < 4.78 is 64.2. The summed E-state index contributed by atoms with van der Waals surface area (Å²) in [6, 6.07) is 9.94. The molecule has 0 saturated heterocycles. The quantitative estimate of drug-likeness (QED) is 0.803. The Morgan fingerprint density at radius 3 is 1.54 bits per heavy atom. The van der Waals surface area contributed by atoms with Crippen LogP contribution in [0.2, 0.25) is 0 Å². The highest BCUT2D eigenvalue weighted by atomic mass is 32.2. The van der Waals surface area contributed by atoms with Gasteiger partial charge >= 0.3 is 0 Å². The fraction of sp³-hybridized carbons (Fsp3) is 0.200. The Kier molecular flexibility index (Phi) is 4.97. The molecule has 0 atom stereocenters. The molecule has 24 heavy (non-hydrogen) atoms. The molecule has 0 aliphatic heterocycles. The van der Waals surface area contributed by atoms with E-state index in [0.717, 1.165) is 20.7 Å². The summed E-state index contributed by atoms with van der Waals surface area (Å²) >= 11 is 0. The van der Waals surface area contributed by atoms with Crippen LogP contribution in [0.3, 0.4) is 0 Å². The van der Waals surface area contributed by atoms with E-state index in [9.17, 15) is 21.2 Å². The summed E-state index contributed by atoms with van der Waals surface area (Å²) in [6.45, 7) is 0. The van der Waals surface area contributed by atoms with Gasteiger partial charge in [0.2, 0.25) is 10.0 Å². The van der Waals surface area contributed by atoms with Crippen LogP contribution in [0.5, 0.6) is 0 Å². The van der Waals surface area contributed by atoms with Crippen molar-refractivity contribution in [1.29, 1.82) is 0 Å². The van der Waals surface area contributed by atoms with Crippen molar-refractivity contribution >= 4 is 25.7 Å². The fourth-order valence-electron chi connectivity index (χ4n) is 1.94. The largest absolute Gasteiger partial charge is 0.269 e. The zero-order chi connectivity index (χ0) is 18.1. The predicted octanol–water partition coefficient (Wildman–Crippen LogP) is 1.90. The van der Waals surface area contributed by atoms with E-state index in [0.29, 0.717) is 5.69 Å². The maximum absolute atomic E-state index is 13.0. The number of nitrogens with zero attached hydrogens (tertiary/aromatic N) is 2. The SMILES string of the molecule is CN(C)S(=O)(=O)c1ccc(S(=O)(=O)N(C)c2ccc(F)cc2)cc1. The molecule has 0 radical (unpaired) electrons. The molecular weight excluding hydrogens is 355 g/mol. The van der Waals surface area contributed by atoms with Crippen LogP contribution < -0.4 is 4.31 Å². The minimum Gasteiger partial charge on any atom is -0.269 e. The van der Waals surface area contributed by atoms with Crippen molar-refractivity contribution in [2.75, 3.05) is 25.4 Å². The number of halogens is 1. The highest BCUT2D eigenvalue weighted by molar-refractivity contribution is 7.92. The topological polar surface area (TPSA) is 74.8 Å². The molecule has 0 heterocycles. The molecule has 0 N–H and O–H groups in total. The van der Waals surface area contributed by atoms with Gasteiger partial charge in [-0.3, -0.25) is 4.31 Å². The number of sulfonamides is 2. The van der Waals surface area contributed by atoms with Crippen molar-refractivity contribution in [3.8, 4) is 0 Å². The van der Waals surface area contributed by atoms with Gasteiger partial charge in [0.25, 0.3) is 10.0 Å². The molecule has 0 aromatic heterocycles. The van der Waals surface area contributed by atoms with Crippen molar-refractivity contribution in [3.05, 3.63) is 54.3 Å². The van der Waals surface area contributed by atoms with E-state index in [1.165, 1.54) is 57.5 Å². The third kappa shape index (κ3) is 3.42. The van der Waals surface area contributed by atoms with Crippen LogP contribution in [0.25, 0.3) is 0 Å². The highest BCUT2D eigenvalue weighted by Gasteiger charge is 2.23. The minimum absolute atomic E-state index is 0.00381. The van der Waals surface area contributed by atoms with Crippen LogP contribution in [0.1, 0.15) is 0 Å². The highest BCUT2D eigenvalue weighted by Crippen LogP contribution is 2.23. The lowest BCUT2D eigenvalue weighted by atomic mass is 10.3. The Morgan fingerprint density at radius 2 is 1.12 bits per heavy atom. The number of hydrogen-bond acceptors (Lipinski definition) is 4. The van der Waals surface area contributed by atoms with E-state index in [2.05, 4.69) is 0 Å². The first-order valence-electron chi connectivity index (χ1n) is 6.84. The summed E-state index contributed by atoms with van der Waals surface area (Å²) in [5.41, 5.74) is 0.293. The second-order valence-electron chi connectivity index (χ2n) is 5.21. The number of rotatable bonds is 5. The molecule has 0 bridgehead atoms. The minimum atomic E-state index is -3.88. The van der Waals surface area contributed by atoms with Crippen LogP contribution in [0.4, 0.5) is 10.1 Å². The second kappa shape index (κ2) is 6.50. The zero-order valence-corrected chi connectivity index (χ0v) is 15.0. The standard InChI is InChI=1S/C15H17FN2O4S2/c1-17(2)23(19,20)14-8-10-15(11-9-14)24(21,22)18(3)13-6-4-12(16)5-7-13/h4-11H,1-3H3. The average Bonchev–Trinajstić information content (AvgIpc) is 2.54. The van der Waals surface area contributed by atoms with Gasteiger partial charge in [0.15, 0.2) is 0 Å². The second-order valence-corrected chi connectivity index (χ2v) is 9.33. The van der Waals surface area contributed by atoms with E-state index in [4.69, 9.17) is 0 Å². The van der Waals surface area contributed by atoms with E-state index in [-0.39, 0.29) is 9.79 Å². The molecular formula is C15H17FN2O4S2. The first-order valence-corrected chi connectivity index (χ1v) is 9.72. The number of benzene rings is 2. The monoisotopic (exact) mass is 372 g/mol. The maximum atomic E-state index is 13.0.